The minimum atomic E-state index is -0.536. The van der Waals surface area contributed by atoms with Crippen LogP contribution in [0.1, 0.15) is 0 Å². The first-order valence-electron chi connectivity index (χ1n) is 4.25. The average molecular weight is 190 g/mol. The van der Waals surface area contributed by atoms with Gasteiger partial charge in [0.15, 0.2) is 5.81 Å². The number of hydrogen-bond donors (Lipinski definition) is 1. The number of para-hydroxylation sites is 1. The zero-order valence-electron chi connectivity index (χ0n) is 8.82. The molecule has 0 aliphatic heterocycles. The van der Waals surface area contributed by atoms with Crippen LogP contribution in [0, 0.1) is 0 Å². The summed E-state index contributed by atoms with van der Waals surface area (Å²) in [5, 5.41) is 2.44. The van der Waals surface area contributed by atoms with Gasteiger partial charge in [0.25, 0.3) is 0 Å². The Morgan fingerprint density at radius 3 is 2.00 bits per heavy atom. The monoisotopic (exact) mass is 190 g/mol. The summed E-state index contributed by atoms with van der Waals surface area (Å²) in [7, 11) is 10.9. The van der Waals surface area contributed by atoms with E-state index in [1.807, 2.05) is 44.2 Å². The predicted octanol–water partition coefficient (Wildman–Crippen LogP) is 1.56. The Bertz CT molecular complexity index is 259. The number of nitrogens with one attached hydrogen (secondary N) is 1. The van der Waals surface area contributed by atoms with E-state index in [2.05, 4.69) is 5.32 Å². The van der Waals surface area contributed by atoms with Gasteiger partial charge in [0.1, 0.15) is 0 Å². The summed E-state index contributed by atoms with van der Waals surface area (Å²) in [5.74, 6) is -0.536. The summed E-state index contributed by atoms with van der Waals surface area (Å²) in [6.45, 7) is 0. The first-order chi connectivity index (χ1) is 6.52. The van der Waals surface area contributed by atoms with Gasteiger partial charge in [-0.05, 0) is 33.3 Å². The lowest BCUT2D eigenvalue weighted by Crippen LogP contribution is -2.07. The fourth-order valence-corrected chi connectivity index (χ4v) is 0.664. The highest BCUT2D eigenvalue weighted by Gasteiger charge is 1.89. The van der Waals surface area contributed by atoms with E-state index in [1.165, 1.54) is 0 Å². The van der Waals surface area contributed by atoms with Gasteiger partial charge >= 0.3 is 0 Å². The van der Waals surface area contributed by atoms with Crippen LogP contribution in [0.25, 0.3) is 0 Å². The summed E-state index contributed by atoms with van der Waals surface area (Å²) in [6.07, 6.45) is 0. The Hall–Kier alpha value is -1.29. The zero-order valence-corrected chi connectivity index (χ0v) is 8.82. The molecule has 0 unspecified atom stereocenters. The van der Waals surface area contributed by atoms with Crippen LogP contribution in [-0.2, 0) is 0 Å². The molecule has 1 aromatic rings. The molecule has 1 aromatic carbocycles. The van der Waals surface area contributed by atoms with Crippen LogP contribution in [-0.4, -0.2) is 39.7 Å². The molecule has 0 aliphatic rings. The molecule has 0 bridgehead atoms. The first-order valence-corrected chi connectivity index (χ1v) is 4.25. The van der Waals surface area contributed by atoms with Gasteiger partial charge in [-0.3, -0.25) is 4.79 Å². The van der Waals surface area contributed by atoms with Gasteiger partial charge in [0.2, 0.25) is 7.85 Å². The SMILES string of the molecule is CN(C)C.[B]C(=O)Nc1ccccc1. The highest BCUT2D eigenvalue weighted by atomic mass is 16.1. The van der Waals surface area contributed by atoms with Crippen molar-refractivity contribution in [3.05, 3.63) is 30.3 Å². The lowest BCUT2D eigenvalue weighted by atomic mass is 10.1. The molecular formula is C10H15BN2O. The van der Waals surface area contributed by atoms with E-state index in [0.717, 1.165) is 5.69 Å². The molecular weight excluding hydrogens is 175 g/mol. The Labute approximate surface area is 86.5 Å². The second kappa shape index (κ2) is 7.15. The predicted molar refractivity (Wildman–Crippen MR) is 60.8 cm³/mol. The van der Waals surface area contributed by atoms with E-state index in [1.54, 1.807) is 12.1 Å². The van der Waals surface area contributed by atoms with Crippen LogP contribution in [0.15, 0.2) is 30.3 Å². The van der Waals surface area contributed by atoms with Gasteiger partial charge in [0.05, 0.1) is 0 Å². The lowest BCUT2D eigenvalue weighted by molar-refractivity contribution is 0.269. The summed E-state index contributed by atoms with van der Waals surface area (Å²) in [6, 6.07) is 9.05. The fourth-order valence-electron chi connectivity index (χ4n) is 0.664. The molecule has 74 valence electrons. The van der Waals surface area contributed by atoms with Crippen molar-refractivity contribution in [3.63, 3.8) is 0 Å². The van der Waals surface area contributed by atoms with Crippen molar-refractivity contribution in [3.8, 4) is 0 Å². The van der Waals surface area contributed by atoms with Gasteiger partial charge in [-0.2, -0.15) is 0 Å². The number of hydrogen-bond acceptors (Lipinski definition) is 2. The van der Waals surface area contributed by atoms with Crippen LogP contribution in [0.4, 0.5) is 10.5 Å². The summed E-state index contributed by atoms with van der Waals surface area (Å²) in [5.41, 5.74) is 0.718. The number of nitrogens with zero attached hydrogens (tertiary/aromatic N) is 1. The van der Waals surface area contributed by atoms with Crippen molar-refractivity contribution in [2.75, 3.05) is 26.5 Å². The number of rotatable bonds is 1. The highest BCUT2D eigenvalue weighted by molar-refractivity contribution is 6.60. The maximum Gasteiger partial charge on any atom is 0.201 e. The second-order valence-electron chi connectivity index (χ2n) is 3.20. The van der Waals surface area contributed by atoms with Crippen molar-refractivity contribution in [1.29, 1.82) is 0 Å². The van der Waals surface area contributed by atoms with Crippen LogP contribution < -0.4 is 5.32 Å². The summed E-state index contributed by atoms with van der Waals surface area (Å²) < 4.78 is 0. The normalized spacial score (nSPS) is 8.86. The Balaban J connectivity index is 0.000000364. The van der Waals surface area contributed by atoms with Crippen LogP contribution in [0.5, 0.6) is 0 Å². The third kappa shape index (κ3) is 8.81. The molecule has 0 saturated carbocycles. The topological polar surface area (TPSA) is 32.3 Å². The van der Waals surface area contributed by atoms with Gasteiger partial charge in [0, 0.05) is 5.69 Å². The number of carbonyl (C=O) groups is 1. The number of benzene rings is 1. The zero-order chi connectivity index (χ0) is 11.0. The van der Waals surface area contributed by atoms with Crippen molar-refractivity contribution in [2.24, 2.45) is 0 Å². The minimum Gasteiger partial charge on any atom is -0.336 e. The smallest absolute Gasteiger partial charge is 0.201 e. The Kier molecular flexibility index (Phi) is 6.49. The Morgan fingerprint density at radius 1 is 1.21 bits per heavy atom. The maximum absolute atomic E-state index is 10.3. The van der Waals surface area contributed by atoms with E-state index in [0.29, 0.717) is 0 Å². The van der Waals surface area contributed by atoms with E-state index in [4.69, 9.17) is 7.85 Å². The second-order valence-corrected chi connectivity index (χ2v) is 3.20. The minimum absolute atomic E-state index is 0.536. The highest BCUT2D eigenvalue weighted by Crippen LogP contribution is 2.03. The summed E-state index contributed by atoms with van der Waals surface area (Å²) in [4.78, 5) is 12.3. The van der Waals surface area contributed by atoms with Crippen LogP contribution in [0.3, 0.4) is 0 Å². The third-order valence-electron chi connectivity index (χ3n) is 1.04. The number of carbonyl (C=O) groups excluding carboxylic acids is 1. The quantitative estimate of drug-likeness (QED) is 0.681. The van der Waals surface area contributed by atoms with Gasteiger partial charge in [-0.15, -0.1) is 0 Å². The lowest BCUT2D eigenvalue weighted by Gasteiger charge is -1.98. The first kappa shape index (κ1) is 12.7. The van der Waals surface area contributed by atoms with E-state index in [-0.39, 0.29) is 0 Å². The molecule has 3 nitrogen and oxygen atoms in total. The molecule has 0 heterocycles. The van der Waals surface area contributed by atoms with Gasteiger partial charge in [-0.25, -0.2) is 0 Å². The molecule has 0 aliphatic carbocycles. The maximum atomic E-state index is 10.3. The number of anilines is 1. The van der Waals surface area contributed by atoms with E-state index < -0.39 is 5.81 Å². The molecule has 0 saturated heterocycles. The summed E-state index contributed by atoms with van der Waals surface area (Å²) >= 11 is 0. The van der Waals surface area contributed by atoms with Crippen molar-refractivity contribution in [2.45, 2.75) is 0 Å². The fraction of sp³-hybridized carbons (Fsp3) is 0.300. The van der Waals surface area contributed by atoms with Gasteiger partial charge < -0.3 is 10.2 Å². The standard InChI is InChI=1S/C7H6BNO.C3H9N/c8-7(10)9-6-4-2-1-3-5-6;1-4(2)3/h1-5H,(H,9,10);1-3H3. The third-order valence-corrected chi connectivity index (χ3v) is 1.04. The van der Waals surface area contributed by atoms with Crippen LogP contribution in [0.2, 0.25) is 0 Å². The molecule has 1 N–H and O–H groups in total. The molecule has 4 heteroatoms. The molecule has 0 aromatic heterocycles. The molecule has 2 radical (unpaired) electrons. The molecule has 1 rings (SSSR count). The van der Waals surface area contributed by atoms with Crippen molar-refractivity contribution in [1.82, 2.24) is 4.90 Å². The van der Waals surface area contributed by atoms with E-state index >= 15 is 0 Å². The van der Waals surface area contributed by atoms with Crippen molar-refractivity contribution < 1.29 is 4.79 Å². The molecule has 0 atom stereocenters. The van der Waals surface area contributed by atoms with Crippen molar-refractivity contribution >= 4 is 19.3 Å². The molecule has 1 amide bonds. The molecule has 0 fully saturated rings. The number of amides is 1. The largest absolute Gasteiger partial charge is 0.336 e. The van der Waals surface area contributed by atoms with Gasteiger partial charge in [-0.1, -0.05) is 18.2 Å². The van der Waals surface area contributed by atoms with E-state index in [9.17, 15) is 4.79 Å². The van der Waals surface area contributed by atoms with Crippen LogP contribution >= 0.6 is 0 Å². The molecule has 14 heavy (non-hydrogen) atoms. The molecule has 0 spiro atoms. The average Bonchev–Trinajstić information content (AvgIpc) is 2.03. The Morgan fingerprint density at radius 2 is 1.64 bits per heavy atom.